The molecule has 0 amide bonds. The lowest BCUT2D eigenvalue weighted by molar-refractivity contribution is 0.284. The Labute approximate surface area is 94.0 Å². The van der Waals surface area contributed by atoms with E-state index in [9.17, 15) is 8.42 Å². The van der Waals surface area contributed by atoms with Crippen molar-refractivity contribution in [3.8, 4) is 0 Å². The van der Waals surface area contributed by atoms with Gasteiger partial charge in [0.1, 0.15) is 4.21 Å². The molecule has 0 aromatic carbocycles. The van der Waals surface area contributed by atoms with Gasteiger partial charge in [-0.2, -0.15) is 4.31 Å². The molecule has 2 rings (SSSR count). The van der Waals surface area contributed by atoms with Crippen LogP contribution in [0.5, 0.6) is 0 Å². The fourth-order valence-corrected chi connectivity index (χ4v) is 4.46. The summed E-state index contributed by atoms with van der Waals surface area (Å²) < 4.78 is 26.4. The van der Waals surface area contributed by atoms with E-state index >= 15 is 0 Å². The van der Waals surface area contributed by atoms with Gasteiger partial charge in [-0.1, -0.05) is 6.07 Å². The number of hydrogen-bond acceptors (Lipinski definition) is 4. The molecule has 0 saturated carbocycles. The summed E-state index contributed by atoms with van der Waals surface area (Å²) in [5.74, 6) is 0. The van der Waals surface area contributed by atoms with Crippen LogP contribution in [0.4, 0.5) is 0 Å². The fourth-order valence-electron chi connectivity index (χ4n) is 1.71. The normalized spacial score (nSPS) is 24.2. The summed E-state index contributed by atoms with van der Waals surface area (Å²) >= 11 is 1.28. The largest absolute Gasteiger partial charge is 0.314 e. The molecule has 0 bridgehead atoms. The molecule has 84 valence electrons. The molecule has 15 heavy (non-hydrogen) atoms. The van der Waals surface area contributed by atoms with Gasteiger partial charge in [-0.3, -0.25) is 0 Å². The van der Waals surface area contributed by atoms with Crippen LogP contribution in [0.2, 0.25) is 0 Å². The molecular weight excluding hydrogens is 232 g/mol. The van der Waals surface area contributed by atoms with Crippen molar-refractivity contribution < 1.29 is 8.42 Å². The predicted molar refractivity (Wildman–Crippen MR) is 60.5 cm³/mol. The zero-order valence-corrected chi connectivity index (χ0v) is 10.1. The van der Waals surface area contributed by atoms with Crippen LogP contribution in [-0.2, 0) is 10.0 Å². The molecule has 1 N–H and O–H groups in total. The summed E-state index contributed by atoms with van der Waals surface area (Å²) in [6.45, 7) is 3.94. The maximum absolute atomic E-state index is 12.2. The first kappa shape index (κ1) is 11.1. The molecule has 1 saturated heterocycles. The predicted octanol–water partition coefficient (Wildman–Crippen LogP) is 0.730. The second-order valence-corrected chi connectivity index (χ2v) is 6.67. The molecule has 1 fully saturated rings. The highest BCUT2D eigenvalue weighted by molar-refractivity contribution is 7.91. The van der Waals surface area contributed by atoms with Crippen molar-refractivity contribution in [1.29, 1.82) is 0 Å². The highest BCUT2D eigenvalue weighted by Crippen LogP contribution is 2.23. The van der Waals surface area contributed by atoms with Gasteiger partial charge in [0.25, 0.3) is 10.0 Å². The van der Waals surface area contributed by atoms with Crippen LogP contribution in [0.15, 0.2) is 21.7 Å². The Morgan fingerprint density at radius 2 is 2.40 bits per heavy atom. The van der Waals surface area contributed by atoms with E-state index < -0.39 is 10.0 Å². The van der Waals surface area contributed by atoms with Crippen molar-refractivity contribution in [3.05, 3.63) is 17.5 Å². The highest BCUT2D eigenvalue weighted by atomic mass is 32.2. The number of rotatable bonds is 2. The lowest BCUT2D eigenvalue weighted by Crippen LogP contribution is -2.51. The Morgan fingerprint density at radius 3 is 3.00 bits per heavy atom. The minimum Gasteiger partial charge on any atom is -0.314 e. The molecule has 0 aliphatic carbocycles. The van der Waals surface area contributed by atoms with Crippen LogP contribution in [-0.4, -0.2) is 38.4 Å². The minimum absolute atomic E-state index is 0.0332. The van der Waals surface area contributed by atoms with E-state index in [4.69, 9.17) is 0 Å². The average Bonchev–Trinajstić information content (AvgIpc) is 2.71. The summed E-state index contributed by atoms with van der Waals surface area (Å²) in [6, 6.07) is 3.46. The van der Waals surface area contributed by atoms with Gasteiger partial charge in [-0.25, -0.2) is 8.42 Å². The summed E-state index contributed by atoms with van der Waals surface area (Å²) in [6.07, 6.45) is 0. The standard InChI is InChI=1S/C9H14N2O2S2/c1-8-7-10-4-5-11(8)15(12,13)9-3-2-6-14-9/h2-3,6,8,10H,4-5,7H2,1H3/t8-/m1/s1. The van der Waals surface area contributed by atoms with Crippen LogP contribution in [0.3, 0.4) is 0 Å². The van der Waals surface area contributed by atoms with Gasteiger partial charge in [0.15, 0.2) is 0 Å². The molecule has 2 heterocycles. The number of nitrogens with one attached hydrogen (secondary N) is 1. The summed E-state index contributed by atoms with van der Waals surface area (Å²) in [4.78, 5) is 0. The number of nitrogens with zero attached hydrogens (tertiary/aromatic N) is 1. The number of sulfonamides is 1. The van der Waals surface area contributed by atoms with E-state index in [-0.39, 0.29) is 6.04 Å². The first-order valence-corrected chi connectivity index (χ1v) is 7.20. The fraction of sp³-hybridized carbons (Fsp3) is 0.556. The van der Waals surface area contributed by atoms with Crippen molar-refractivity contribution >= 4 is 21.4 Å². The number of hydrogen-bond donors (Lipinski definition) is 1. The Morgan fingerprint density at radius 1 is 1.60 bits per heavy atom. The third kappa shape index (κ3) is 2.08. The van der Waals surface area contributed by atoms with E-state index in [1.807, 2.05) is 6.92 Å². The smallest absolute Gasteiger partial charge is 0.252 e. The van der Waals surface area contributed by atoms with Crippen LogP contribution in [0.1, 0.15) is 6.92 Å². The van der Waals surface area contributed by atoms with Gasteiger partial charge in [0.2, 0.25) is 0 Å². The minimum atomic E-state index is -3.26. The van der Waals surface area contributed by atoms with Gasteiger partial charge in [-0.15, -0.1) is 11.3 Å². The lowest BCUT2D eigenvalue weighted by atomic mass is 10.3. The van der Waals surface area contributed by atoms with Crippen molar-refractivity contribution in [2.75, 3.05) is 19.6 Å². The van der Waals surface area contributed by atoms with Crippen molar-refractivity contribution in [2.24, 2.45) is 0 Å². The summed E-state index contributed by atoms with van der Waals surface area (Å²) in [5.41, 5.74) is 0. The Kier molecular flexibility index (Phi) is 3.11. The monoisotopic (exact) mass is 246 g/mol. The maximum atomic E-state index is 12.2. The zero-order chi connectivity index (χ0) is 10.9. The van der Waals surface area contributed by atoms with E-state index in [0.717, 1.165) is 13.1 Å². The molecule has 1 aliphatic rings. The van der Waals surface area contributed by atoms with E-state index in [1.54, 1.807) is 21.8 Å². The quantitative estimate of drug-likeness (QED) is 0.837. The zero-order valence-electron chi connectivity index (χ0n) is 8.51. The SMILES string of the molecule is C[C@@H]1CNCCN1S(=O)(=O)c1cccs1. The Balaban J connectivity index is 2.29. The van der Waals surface area contributed by atoms with Crippen LogP contribution < -0.4 is 5.32 Å². The van der Waals surface area contributed by atoms with Gasteiger partial charge in [-0.05, 0) is 18.4 Å². The molecule has 1 aromatic heterocycles. The van der Waals surface area contributed by atoms with Crippen LogP contribution >= 0.6 is 11.3 Å². The van der Waals surface area contributed by atoms with Crippen LogP contribution in [0.25, 0.3) is 0 Å². The highest BCUT2D eigenvalue weighted by Gasteiger charge is 2.31. The summed E-state index contributed by atoms with van der Waals surface area (Å²) in [5, 5.41) is 4.97. The van der Waals surface area contributed by atoms with Crippen molar-refractivity contribution in [1.82, 2.24) is 9.62 Å². The molecule has 0 unspecified atom stereocenters. The molecule has 0 radical (unpaired) electrons. The summed E-state index contributed by atoms with van der Waals surface area (Å²) in [7, 11) is -3.26. The number of thiophene rings is 1. The third-order valence-corrected chi connectivity index (χ3v) is 5.88. The van der Waals surface area contributed by atoms with Gasteiger partial charge < -0.3 is 5.32 Å². The maximum Gasteiger partial charge on any atom is 0.252 e. The van der Waals surface area contributed by atoms with Crippen LogP contribution in [0, 0.1) is 0 Å². The van der Waals surface area contributed by atoms with Gasteiger partial charge in [0.05, 0.1) is 0 Å². The van der Waals surface area contributed by atoms with E-state index in [1.165, 1.54) is 11.3 Å². The van der Waals surface area contributed by atoms with Gasteiger partial charge in [0, 0.05) is 25.7 Å². The average molecular weight is 246 g/mol. The molecule has 1 atom stereocenters. The topological polar surface area (TPSA) is 49.4 Å². The molecule has 4 nitrogen and oxygen atoms in total. The molecule has 1 aromatic rings. The van der Waals surface area contributed by atoms with E-state index in [0.29, 0.717) is 10.8 Å². The number of piperazine rings is 1. The second kappa shape index (κ2) is 4.21. The van der Waals surface area contributed by atoms with E-state index in [2.05, 4.69) is 5.32 Å². The second-order valence-electron chi connectivity index (χ2n) is 3.60. The molecule has 6 heteroatoms. The molecular formula is C9H14N2O2S2. The first-order chi connectivity index (χ1) is 7.12. The molecule has 1 aliphatic heterocycles. The Hall–Kier alpha value is -0.430. The third-order valence-electron chi connectivity index (χ3n) is 2.50. The Bertz CT molecular complexity index is 413. The first-order valence-electron chi connectivity index (χ1n) is 4.88. The van der Waals surface area contributed by atoms with Crippen molar-refractivity contribution in [2.45, 2.75) is 17.2 Å². The van der Waals surface area contributed by atoms with Crippen molar-refractivity contribution in [3.63, 3.8) is 0 Å². The lowest BCUT2D eigenvalue weighted by Gasteiger charge is -2.32. The van der Waals surface area contributed by atoms with Gasteiger partial charge >= 0.3 is 0 Å². The molecule has 0 spiro atoms.